The Bertz CT molecular complexity index is 532. The van der Waals surface area contributed by atoms with E-state index in [4.69, 9.17) is 0 Å². The lowest BCUT2D eigenvalue weighted by Crippen LogP contribution is -1.97. The molecule has 0 atom stereocenters. The Morgan fingerprint density at radius 3 is 2.75 bits per heavy atom. The number of aryl methyl sites for hydroxylation is 3. The molecule has 2 heterocycles. The number of nitrogens with zero attached hydrogens (tertiary/aromatic N) is 1. The van der Waals surface area contributed by atoms with Crippen molar-refractivity contribution in [3.05, 3.63) is 53.2 Å². The summed E-state index contributed by atoms with van der Waals surface area (Å²) in [6.07, 6.45) is 2.15. The van der Waals surface area contributed by atoms with E-state index in [1.54, 1.807) is 0 Å². The molecule has 1 aromatic heterocycles. The number of pyridine rings is 1. The predicted octanol–water partition coefficient (Wildman–Crippen LogP) is 3.23. The maximum atomic E-state index is 4.56. The third-order valence-electron chi connectivity index (χ3n) is 3.05. The summed E-state index contributed by atoms with van der Waals surface area (Å²) >= 11 is 0. The smallest absolute Gasteiger partial charge is 0.133 e. The summed E-state index contributed by atoms with van der Waals surface area (Å²) in [4.78, 5) is 4.56. The quantitative estimate of drug-likeness (QED) is 0.722. The molecular formula is C14H14N2. The average molecular weight is 210 g/mol. The van der Waals surface area contributed by atoms with E-state index in [0.717, 1.165) is 24.4 Å². The van der Waals surface area contributed by atoms with Crippen molar-refractivity contribution in [2.75, 3.05) is 5.32 Å². The van der Waals surface area contributed by atoms with Crippen molar-refractivity contribution in [1.82, 2.24) is 4.98 Å². The first-order valence-electron chi connectivity index (χ1n) is 5.64. The van der Waals surface area contributed by atoms with Crippen molar-refractivity contribution < 1.29 is 0 Å². The van der Waals surface area contributed by atoms with Gasteiger partial charge in [-0.1, -0.05) is 24.3 Å². The van der Waals surface area contributed by atoms with Crippen LogP contribution in [0, 0.1) is 6.92 Å². The lowest BCUT2D eigenvalue weighted by molar-refractivity contribution is 0.967. The molecule has 0 saturated carbocycles. The van der Waals surface area contributed by atoms with E-state index < -0.39 is 0 Å². The van der Waals surface area contributed by atoms with Crippen molar-refractivity contribution in [1.29, 1.82) is 0 Å². The number of benzene rings is 1. The summed E-state index contributed by atoms with van der Waals surface area (Å²) in [5.74, 6) is 1.02. The highest BCUT2D eigenvalue weighted by atomic mass is 15.0. The molecule has 0 bridgehead atoms. The normalized spacial score (nSPS) is 13.3. The molecule has 0 radical (unpaired) electrons. The average Bonchev–Trinajstić information content (AvgIpc) is 2.47. The molecule has 0 unspecified atom stereocenters. The summed E-state index contributed by atoms with van der Waals surface area (Å²) in [6, 6.07) is 12.7. The maximum Gasteiger partial charge on any atom is 0.133 e. The number of fused-ring (bicyclic) bond motifs is 2. The molecule has 1 aliphatic rings. The molecule has 0 saturated heterocycles. The van der Waals surface area contributed by atoms with Gasteiger partial charge in [-0.3, -0.25) is 0 Å². The Morgan fingerprint density at radius 2 is 1.81 bits per heavy atom. The van der Waals surface area contributed by atoms with E-state index in [2.05, 4.69) is 46.7 Å². The second kappa shape index (κ2) is 3.63. The summed E-state index contributed by atoms with van der Waals surface area (Å²) in [5.41, 5.74) is 4.94. The van der Waals surface area contributed by atoms with Gasteiger partial charge in [-0.15, -0.1) is 0 Å². The molecular weight excluding hydrogens is 196 g/mol. The molecule has 0 fully saturated rings. The first-order chi connectivity index (χ1) is 7.83. The lowest BCUT2D eigenvalue weighted by atomic mass is 10.1. The molecule has 2 heteroatoms. The summed E-state index contributed by atoms with van der Waals surface area (Å²) in [5, 5.41) is 3.43. The third-order valence-corrected chi connectivity index (χ3v) is 3.05. The van der Waals surface area contributed by atoms with Gasteiger partial charge in [-0.25, -0.2) is 4.98 Å². The fourth-order valence-electron chi connectivity index (χ4n) is 2.15. The lowest BCUT2D eigenvalue weighted by Gasteiger charge is -2.08. The van der Waals surface area contributed by atoms with Gasteiger partial charge in [0.05, 0.1) is 0 Å². The number of anilines is 2. The molecule has 0 amide bonds. The topological polar surface area (TPSA) is 24.9 Å². The maximum absolute atomic E-state index is 4.56. The first kappa shape index (κ1) is 9.40. The zero-order chi connectivity index (χ0) is 11.0. The highest BCUT2D eigenvalue weighted by molar-refractivity contribution is 5.65. The van der Waals surface area contributed by atoms with Gasteiger partial charge >= 0.3 is 0 Å². The van der Waals surface area contributed by atoms with Crippen LogP contribution < -0.4 is 5.32 Å². The van der Waals surface area contributed by atoms with Crippen molar-refractivity contribution in [2.45, 2.75) is 19.8 Å². The van der Waals surface area contributed by atoms with Crippen molar-refractivity contribution in [3.63, 3.8) is 0 Å². The first-order valence-corrected chi connectivity index (χ1v) is 5.64. The second-order valence-corrected chi connectivity index (χ2v) is 4.24. The number of nitrogens with one attached hydrogen (secondary N) is 1. The molecule has 1 aliphatic heterocycles. The molecule has 1 aromatic carbocycles. The third kappa shape index (κ3) is 1.56. The molecule has 0 spiro atoms. The van der Waals surface area contributed by atoms with Crippen LogP contribution in [0.3, 0.4) is 0 Å². The van der Waals surface area contributed by atoms with Crippen molar-refractivity contribution in [3.8, 4) is 0 Å². The molecule has 80 valence electrons. The SMILES string of the molecule is Cc1ccc2c(n1)Nc1ccccc1CC2. The summed E-state index contributed by atoms with van der Waals surface area (Å²) in [6.45, 7) is 2.03. The Balaban J connectivity index is 2.10. The van der Waals surface area contributed by atoms with Crippen LogP contribution in [0.25, 0.3) is 0 Å². The van der Waals surface area contributed by atoms with Gasteiger partial charge in [0.1, 0.15) is 5.82 Å². The van der Waals surface area contributed by atoms with Crippen LogP contribution in [-0.2, 0) is 12.8 Å². The fraction of sp³-hybridized carbons (Fsp3) is 0.214. The molecule has 2 nitrogen and oxygen atoms in total. The monoisotopic (exact) mass is 210 g/mol. The fourth-order valence-corrected chi connectivity index (χ4v) is 2.15. The van der Waals surface area contributed by atoms with Crippen LogP contribution in [0.2, 0.25) is 0 Å². The van der Waals surface area contributed by atoms with Gasteiger partial charge in [0.25, 0.3) is 0 Å². The largest absolute Gasteiger partial charge is 0.340 e. The highest BCUT2D eigenvalue weighted by Gasteiger charge is 2.12. The summed E-state index contributed by atoms with van der Waals surface area (Å²) in [7, 11) is 0. The van der Waals surface area contributed by atoms with Gasteiger partial charge < -0.3 is 5.32 Å². The van der Waals surface area contributed by atoms with Gasteiger partial charge in [-0.05, 0) is 43.0 Å². The van der Waals surface area contributed by atoms with Crippen LogP contribution in [0.5, 0.6) is 0 Å². The minimum Gasteiger partial charge on any atom is -0.340 e. The Kier molecular flexibility index (Phi) is 2.13. The predicted molar refractivity (Wildman–Crippen MR) is 66.1 cm³/mol. The highest BCUT2D eigenvalue weighted by Crippen LogP contribution is 2.28. The number of hydrogen-bond acceptors (Lipinski definition) is 2. The zero-order valence-corrected chi connectivity index (χ0v) is 9.33. The van der Waals surface area contributed by atoms with E-state index in [0.29, 0.717) is 0 Å². The molecule has 2 aromatic rings. The van der Waals surface area contributed by atoms with Crippen LogP contribution in [-0.4, -0.2) is 4.98 Å². The summed E-state index contributed by atoms with van der Waals surface area (Å²) < 4.78 is 0. The van der Waals surface area contributed by atoms with E-state index >= 15 is 0 Å². The Hall–Kier alpha value is -1.83. The molecule has 16 heavy (non-hydrogen) atoms. The Morgan fingerprint density at radius 1 is 1.00 bits per heavy atom. The number of aromatic nitrogens is 1. The van der Waals surface area contributed by atoms with E-state index in [1.807, 2.05) is 6.92 Å². The van der Waals surface area contributed by atoms with Crippen LogP contribution in [0.15, 0.2) is 36.4 Å². The van der Waals surface area contributed by atoms with Gasteiger partial charge in [0.15, 0.2) is 0 Å². The van der Waals surface area contributed by atoms with Crippen molar-refractivity contribution >= 4 is 11.5 Å². The van der Waals surface area contributed by atoms with Gasteiger partial charge in [0.2, 0.25) is 0 Å². The van der Waals surface area contributed by atoms with E-state index in [-0.39, 0.29) is 0 Å². The van der Waals surface area contributed by atoms with Crippen LogP contribution in [0.4, 0.5) is 11.5 Å². The van der Waals surface area contributed by atoms with Crippen LogP contribution in [0.1, 0.15) is 16.8 Å². The van der Waals surface area contributed by atoms with Crippen molar-refractivity contribution in [2.24, 2.45) is 0 Å². The second-order valence-electron chi connectivity index (χ2n) is 4.24. The molecule has 0 aliphatic carbocycles. The number of hydrogen-bond donors (Lipinski definition) is 1. The van der Waals surface area contributed by atoms with E-state index in [9.17, 15) is 0 Å². The minimum atomic E-state index is 1.02. The number of para-hydroxylation sites is 1. The Labute approximate surface area is 95.3 Å². The molecule has 1 N–H and O–H groups in total. The minimum absolute atomic E-state index is 1.02. The number of rotatable bonds is 0. The van der Waals surface area contributed by atoms with Crippen LogP contribution >= 0.6 is 0 Å². The van der Waals surface area contributed by atoms with Gasteiger partial charge in [-0.2, -0.15) is 0 Å². The standard InChI is InChI=1S/C14H14N2/c1-10-6-7-12-9-8-11-4-2-3-5-13(11)16-14(12)15-10/h2-7H,8-9H2,1H3,(H,15,16). The zero-order valence-electron chi connectivity index (χ0n) is 9.33. The van der Waals surface area contributed by atoms with Gasteiger partial charge in [0, 0.05) is 11.4 Å². The molecule has 3 rings (SSSR count). The van der Waals surface area contributed by atoms with E-state index in [1.165, 1.54) is 16.8 Å².